The van der Waals surface area contributed by atoms with Crippen molar-refractivity contribution in [2.24, 2.45) is 11.3 Å². The lowest BCUT2D eigenvalue weighted by Crippen LogP contribution is -2.37. The van der Waals surface area contributed by atoms with Crippen LogP contribution in [0.25, 0.3) is 0 Å². The first-order valence-corrected chi connectivity index (χ1v) is 7.97. The molecule has 0 unspecified atom stereocenters. The van der Waals surface area contributed by atoms with Crippen LogP contribution in [0.3, 0.4) is 0 Å². The Morgan fingerprint density at radius 3 is 2.57 bits per heavy atom. The lowest BCUT2D eigenvalue weighted by molar-refractivity contribution is 0.0925. The van der Waals surface area contributed by atoms with Crippen LogP contribution in [0, 0.1) is 11.3 Å². The molecule has 0 heterocycles. The van der Waals surface area contributed by atoms with Gasteiger partial charge in [-0.25, -0.2) is 0 Å². The van der Waals surface area contributed by atoms with Gasteiger partial charge in [0.25, 0.3) is 5.91 Å². The van der Waals surface area contributed by atoms with Crippen LogP contribution in [0.5, 0.6) is 0 Å². The SMILES string of the molecule is CCCNc1ccc(Cl)cc1C(=O)NCC(C)(C)C(C)C. The molecule has 0 aromatic heterocycles. The molecule has 3 nitrogen and oxygen atoms in total. The molecule has 0 spiro atoms. The van der Waals surface area contributed by atoms with E-state index in [1.165, 1.54) is 0 Å². The van der Waals surface area contributed by atoms with Gasteiger partial charge in [0.2, 0.25) is 0 Å². The van der Waals surface area contributed by atoms with Crippen LogP contribution < -0.4 is 10.6 Å². The van der Waals surface area contributed by atoms with Gasteiger partial charge in [-0.15, -0.1) is 0 Å². The van der Waals surface area contributed by atoms with Gasteiger partial charge in [0.1, 0.15) is 0 Å². The zero-order valence-electron chi connectivity index (χ0n) is 13.7. The zero-order valence-corrected chi connectivity index (χ0v) is 14.5. The minimum Gasteiger partial charge on any atom is -0.384 e. The van der Waals surface area contributed by atoms with Crippen molar-refractivity contribution >= 4 is 23.2 Å². The van der Waals surface area contributed by atoms with Crippen LogP contribution in [-0.4, -0.2) is 19.0 Å². The van der Waals surface area contributed by atoms with Crippen molar-refractivity contribution in [1.29, 1.82) is 0 Å². The minimum atomic E-state index is -0.0789. The van der Waals surface area contributed by atoms with E-state index >= 15 is 0 Å². The molecule has 1 aromatic carbocycles. The molecule has 0 aliphatic rings. The monoisotopic (exact) mass is 310 g/mol. The Balaban J connectivity index is 2.83. The normalized spacial score (nSPS) is 11.6. The summed E-state index contributed by atoms with van der Waals surface area (Å²) >= 11 is 6.03. The molecule has 118 valence electrons. The van der Waals surface area contributed by atoms with Gasteiger partial charge in [-0.2, -0.15) is 0 Å². The molecule has 0 fully saturated rings. The molecule has 21 heavy (non-hydrogen) atoms. The molecule has 0 atom stereocenters. The maximum Gasteiger partial charge on any atom is 0.253 e. The first-order valence-electron chi connectivity index (χ1n) is 7.59. The van der Waals surface area contributed by atoms with Gasteiger partial charge in [-0.3, -0.25) is 4.79 Å². The number of anilines is 1. The Labute approximate surface area is 133 Å². The second-order valence-electron chi connectivity index (χ2n) is 6.44. The summed E-state index contributed by atoms with van der Waals surface area (Å²) in [5.74, 6) is 0.416. The summed E-state index contributed by atoms with van der Waals surface area (Å²) in [7, 11) is 0. The third kappa shape index (κ3) is 5.24. The quantitative estimate of drug-likeness (QED) is 0.774. The van der Waals surface area contributed by atoms with Crippen LogP contribution in [-0.2, 0) is 0 Å². The van der Waals surface area contributed by atoms with E-state index in [0.29, 0.717) is 23.0 Å². The molecule has 0 aliphatic heterocycles. The van der Waals surface area contributed by atoms with Gasteiger partial charge >= 0.3 is 0 Å². The van der Waals surface area contributed by atoms with Gasteiger partial charge < -0.3 is 10.6 Å². The molecule has 2 N–H and O–H groups in total. The molecule has 1 aromatic rings. The van der Waals surface area contributed by atoms with Gasteiger partial charge in [-0.05, 0) is 36.0 Å². The number of hydrogen-bond donors (Lipinski definition) is 2. The number of nitrogens with one attached hydrogen (secondary N) is 2. The lowest BCUT2D eigenvalue weighted by Gasteiger charge is -2.29. The Hall–Kier alpha value is -1.22. The van der Waals surface area contributed by atoms with Gasteiger partial charge in [0.05, 0.1) is 5.56 Å². The fraction of sp³-hybridized carbons (Fsp3) is 0.588. The van der Waals surface area contributed by atoms with E-state index in [9.17, 15) is 4.79 Å². The molecule has 0 saturated heterocycles. The number of amides is 1. The van der Waals surface area contributed by atoms with Gasteiger partial charge in [0, 0.05) is 23.8 Å². The average Bonchev–Trinajstić information content (AvgIpc) is 2.43. The van der Waals surface area contributed by atoms with Crippen LogP contribution in [0.1, 0.15) is 51.4 Å². The topological polar surface area (TPSA) is 41.1 Å². The van der Waals surface area contributed by atoms with E-state index in [-0.39, 0.29) is 11.3 Å². The molecule has 4 heteroatoms. The van der Waals surface area contributed by atoms with Gasteiger partial charge in [0.15, 0.2) is 0 Å². The standard InChI is InChI=1S/C17H27ClN2O/c1-6-9-19-15-8-7-13(18)10-14(15)16(21)20-11-17(4,5)12(2)3/h7-8,10,12,19H,6,9,11H2,1-5H3,(H,20,21). The summed E-state index contributed by atoms with van der Waals surface area (Å²) in [5.41, 5.74) is 1.50. The second-order valence-corrected chi connectivity index (χ2v) is 6.88. The summed E-state index contributed by atoms with van der Waals surface area (Å²) in [6, 6.07) is 5.38. The number of carbonyl (C=O) groups excluding carboxylic acids is 1. The molecule has 1 rings (SSSR count). The van der Waals surface area contributed by atoms with Crippen molar-refractivity contribution in [2.75, 3.05) is 18.4 Å². The van der Waals surface area contributed by atoms with Crippen LogP contribution in [0.2, 0.25) is 5.02 Å². The largest absolute Gasteiger partial charge is 0.384 e. The smallest absolute Gasteiger partial charge is 0.253 e. The predicted molar refractivity (Wildman–Crippen MR) is 91.2 cm³/mol. The third-order valence-corrected chi connectivity index (χ3v) is 4.29. The second kappa shape index (κ2) is 7.69. The molecule has 0 radical (unpaired) electrons. The Morgan fingerprint density at radius 2 is 2.00 bits per heavy atom. The molecular formula is C17H27ClN2O. The summed E-state index contributed by atoms with van der Waals surface area (Å²) in [6.07, 6.45) is 1.00. The first-order chi connectivity index (χ1) is 9.77. The third-order valence-electron chi connectivity index (χ3n) is 4.06. The Morgan fingerprint density at radius 1 is 1.33 bits per heavy atom. The highest BCUT2D eigenvalue weighted by Crippen LogP contribution is 2.25. The Bertz CT molecular complexity index is 484. The van der Waals surface area contributed by atoms with Crippen molar-refractivity contribution in [3.63, 3.8) is 0 Å². The summed E-state index contributed by atoms with van der Waals surface area (Å²) in [6.45, 7) is 12.2. The van der Waals surface area contributed by atoms with E-state index in [1.807, 2.05) is 6.07 Å². The molecular weight excluding hydrogens is 284 g/mol. The summed E-state index contributed by atoms with van der Waals surface area (Å²) < 4.78 is 0. The average molecular weight is 311 g/mol. The highest BCUT2D eigenvalue weighted by molar-refractivity contribution is 6.31. The van der Waals surface area contributed by atoms with E-state index in [4.69, 9.17) is 11.6 Å². The molecule has 1 amide bonds. The predicted octanol–water partition coefficient (Wildman–Crippen LogP) is 4.57. The highest BCUT2D eigenvalue weighted by Gasteiger charge is 2.23. The maximum atomic E-state index is 12.4. The van der Waals surface area contributed by atoms with Crippen LogP contribution >= 0.6 is 11.6 Å². The van der Waals surface area contributed by atoms with E-state index in [0.717, 1.165) is 18.7 Å². The van der Waals surface area contributed by atoms with Crippen molar-refractivity contribution < 1.29 is 4.79 Å². The van der Waals surface area contributed by atoms with Crippen molar-refractivity contribution in [2.45, 2.75) is 41.0 Å². The molecule has 0 aliphatic carbocycles. The van der Waals surface area contributed by atoms with E-state index < -0.39 is 0 Å². The number of benzene rings is 1. The number of rotatable bonds is 7. The fourth-order valence-electron chi connectivity index (χ4n) is 1.73. The minimum absolute atomic E-state index is 0.0608. The maximum absolute atomic E-state index is 12.4. The van der Waals surface area contributed by atoms with E-state index in [2.05, 4.69) is 45.3 Å². The van der Waals surface area contributed by atoms with Crippen LogP contribution in [0.4, 0.5) is 5.69 Å². The lowest BCUT2D eigenvalue weighted by atomic mass is 9.81. The zero-order chi connectivity index (χ0) is 16.0. The number of carbonyl (C=O) groups is 1. The first kappa shape index (κ1) is 17.8. The van der Waals surface area contributed by atoms with Crippen molar-refractivity contribution in [3.05, 3.63) is 28.8 Å². The summed E-state index contributed by atoms with van der Waals surface area (Å²) in [4.78, 5) is 12.4. The summed E-state index contributed by atoms with van der Waals surface area (Å²) in [5, 5.41) is 6.87. The highest BCUT2D eigenvalue weighted by atomic mass is 35.5. The fourth-order valence-corrected chi connectivity index (χ4v) is 1.90. The molecule has 0 saturated carbocycles. The molecule has 0 bridgehead atoms. The van der Waals surface area contributed by atoms with Crippen LogP contribution in [0.15, 0.2) is 18.2 Å². The number of halogens is 1. The van der Waals surface area contributed by atoms with Crippen molar-refractivity contribution in [3.8, 4) is 0 Å². The van der Waals surface area contributed by atoms with Gasteiger partial charge in [-0.1, -0.05) is 46.2 Å². The Kier molecular flexibility index (Phi) is 6.53. The van der Waals surface area contributed by atoms with Crippen molar-refractivity contribution in [1.82, 2.24) is 5.32 Å². The number of hydrogen-bond acceptors (Lipinski definition) is 2. The van der Waals surface area contributed by atoms with E-state index in [1.54, 1.807) is 12.1 Å².